The van der Waals surface area contributed by atoms with E-state index in [1.165, 1.54) is 0 Å². The SMILES string of the molecule is Cc1ccc(C(=O)N2CCCCC2c2nc(-c3ccccc3)n[nH]2)cn1. The number of hydrogen-bond donors (Lipinski definition) is 1. The molecule has 3 aromatic rings. The molecular formula is C20H21N5O. The van der Waals surface area contributed by atoms with Gasteiger partial charge < -0.3 is 4.90 Å². The maximum atomic E-state index is 13.0. The first-order valence-electron chi connectivity index (χ1n) is 8.94. The van der Waals surface area contributed by atoms with E-state index in [0.717, 1.165) is 42.9 Å². The van der Waals surface area contributed by atoms with E-state index < -0.39 is 0 Å². The Kier molecular flexibility index (Phi) is 4.48. The summed E-state index contributed by atoms with van der Waals surface area (Å²) in [6.07, 6.45) is 4.61. The first-order chi connectivity index (χ1) is 12.7. The van der Waals surface area contributed by atoms with Gasteiger partial charge in [-0.2, -0.15) is 5.10 Å². The van der Waals surface area contributed by atoms with Crippen LogP contribution in [0.15, 0.2) is 48.7 Å². The minimum absolute atomic E-state index is 0.000129. The molecular weight excluding hydrogens is 326 g/mol. The van der Waals surface area contributed by atoms with Gasteiger partial charge in [0, 0.05) is 24.0 Å². The molecule has 6 nitrogen and oxygen atoms in total. The third-order valence-electron chi connectivity index (χ3n) is 4.77. The molecule has 4 rings (SSSR count). The predicted octanol–water partition coefficient (Wildman–Crippen LogP) is 3.54. The summed E-state index contributed by atoms with van der Waals surface area (Å²) in [4.78, 5) is 23.8. The van der Waals surface area contributed by atoms with Gasteiger partial charge in [0.2, 0.25) is 0 Å². The summed E-state index contributed by atoms with van der Waals surface area (Å²) in [7, 11) is 0. The standard InChI is InChI=1S/C20H21N5O/c1-14-10-11-16(13-21-14)20(26)25-12-6-5-9-17(25)19-22-18(23-24-19)15-7-3-2-4-8-15/h2-4,7-8,10-11,13,17H,5-6,9,12H2,1H3,(H,22,23,24). The average Bonchev–Trinajstić information content (AvgIpc) is 3.19. The number of hydrogen-bond acceptors (Lipinski definition) is 4. The zero-order chi connectivity index (χ0) is 17.9. The van der Waals surface area contributed by atoms with Crippen molar-refractivity contribution < 1.29 is 4.79 Å². The van der Waals surface area contributed by atoms with Crippen LogP contribution >= 0.6 is 0 Å². The highest BCUT2D eigenvalue weighted by atomic mass is 16.2. The van der Waals surface area contributed by atoms with Crippen molar-refractivity contribution in [1.82, 2.24) is 25.1 Å². The second kappa shape index (κ2) is 7.07. The zero-order valence-corrected chi connectivity index (χ0v) is 14.7. The zero-order valence-electron chi connectivity index (χ0n) is 14.7. The van der Waals surface area contributed by atoms with Crippen LogP contribution in [0.1, 0.15) is 47.2 Å². The average molecular weight is 347 g/mol. The van der Waals surface area contributed by atoms with Crippen molar-refractivity contribution in [3.05, 3.63) is 65.7 Å². The lowest BCUT2D eigenvalue weighted by atomic mass is 10.0. The highest BCUT2D eigenvalue weighted by Crippen LogP contribution is 2.31. The van der Waals surface area contributed by atoms with E-state index in [1.807, 2.05) is 54.3 Å². The van der Waals surface area contributed by atoms with E-state index in [9.17, 15) is 4.79 Å². The van der Waals surface area contributed by atoms with Crippen LogP contribution < -0.4 is 0 Å². The number of carbonyl (C=O) groups excluding carboxylic acids is 1. The van der Waals surface area contributed by atoms with Gasteiger partial charge in [0.25, 0.3) is 5.91 Å². The van der Waals surface area contributed by atoms with Gasteiger partial charge in [-0.1, -0.05) is 30.3 Å². The molecule has 26 heavy (non-hydrogen) atoms. The number of likely N-dealkylation sites (tertiary alicyclic amines) is 1. The highest BCUT2D eigenvalue weighted by Gasteiger charge is 2.31. The molecule has 1 aliphatic rings. The normalized spacial score (nSPS) is 17.3. The lowest BCUT2D eigenvalue weighted by molar-refractivity contribution is 0.0600. The van der Waals surface area contributed by atoms with Gasteiger partial charge in [0.05, 0.1) is 11.6 Å². The van der Waals surface area contributed by atoms with E-state index in [1.54, 1.807) is 6.20 Å². The number of amides is 1. The second-order valence-corrected chi connectivity index (χ2v) is 6.61. The number of pyridine rings is 1. The van der Waals surface area contributed by atoms with Crippen molar-refractivity contribution in [1.29, 1.82) is 0 Å². The maximum absolute atomic E-state index is 13.0. The van der Waals surface area contributed by atoms with Crippen molar-refractivity contribution in [2.45, 2.75) is 32.2 Å². The van der Waals surface area contributed by atoms with Crippen LogP contribution in [0.25, 0.3) is 11.4 Å². The first kappa shape index (κ1) is 16.4. The number of nitrogens with one attached hydrogen (secondary N) is 1. The minimum Gasteiger partial charge on any atom is -0.328 e. The van der Waals surface area contributed by atoms with E-state index in [4.69, 9.17) is 0 Å². The Morgan fingerprint density at radius 2 is 2.00 bits per heavy atom. The highest BCUT2D eigenvalue weighted by molar-refractivity contribution is 5.94. The first-order valence-corrected chi connectivity index (χ1v) is 8.94. The summed E-state index contributed by atoms with van der Waals surface area (Å²) in [5.74, 6) is 1.41. The maximum Gasteiger partial charge on any atom is 0.256 e. The molecule has 132 valence electrons. The molecule has 1 unspecified atom stereocenters. The number of rotatable bonds is 3. The molecule has 0 bridgehead atoms. The fourth-order valence-corrected chi connectivity index (χ4v) is 3.36. The predicted molar refractivity (Wildman–Crippen MR) is 98.4 cm³/mol. The van der Waals surface area contributed by atoms with Gasteiger partial charge in [-0.3, -0.25) is 14.9 Å². The molecule has 6 heteroatoms. The van der Waals surface area contributed by atoms with E-state index >= 15 is 0 Å². The number of aryl methyl sites for hydroxylation is 1. The number of piperidine rings is 1. The van der Waals surface area contributed by atoms with E-state index in [0.29, 0.717) is 11.4 Å². The van der Waals surface area contributed by atoms with Crippen LogP contribution in [0.5, 0.6) is 0 Å². The number of carbonyl (C=O) groups is 1. The fraction of sp³-hybridized carbons (Fsp3) is 0.300. The number of nitrogens with zero attached hydrogens (tertiary/aromatic N) is 4. The molecule has 1 aromatic carbocycles. The number of H-pyrrole nitrogens is 1. The summed E-state index contributed by atoms with van der Waals surface area (Å²) in [5, 5.41) is 7.40. The van der Waals surface area contributed by atoms with Gasteiger partial charge in [0.1, 0.15) is 5.82 Å². The van der Waals surface area contributed by atoms with Gasteiger partial charge in [0.15, 0.2) is 5.82 Å². The summed E-state index contributed by atoms with van der Waals surface area (Å²) < 4.78 is 0. The van der Waals surface area contributed by atoms with E-state index in [-0.39, 0.29) is 11.9 Å². The van der Waals surface area contributed by atoms with Crippen molar-refractivity contribution in [2.75, 3.05) is 6.54 Å². The molecule has 1 saturated heterocycles. The quantitative estimate of drug-likeness (QED) is 0.786. The Balaban J connectivity index is 1.61. The molecule has 0 radical (unpaired) electrons. The minimum atomic E-state index is -0.0810. The van der Waals surface area contributed by atoms with Gasteiger partial charge >= 0.3 is 0 Å². The number of aromatic amines is 1. The second-order valence-electron chi connectivity index (χ2n) is 6.61. The van der Waals surface area contributed by atoms with E-state index in [2.05, 4.69) is 20.2 Å². The molecule has 2 aromatic heterocycles. The van der Waals surface area contributed by atoms with Gasteiger partial charge in [-0.15, -0.1) is 0 Å². The molecule has 1 atom stereocenters. The van der Waals surface area contributed by atoms with Crippen LogP contribution in [-0.4, -0.2) is 37.5 Å². The van der Waals surface area contributed by atoms with Gasteiger partial charge in [-0.05, 0) is 38.3 Å². The van der Waals surface area contributed by atoms with Gasteiger partial charge in [-0.25, -0.2) is 4.98 Å². The van der Waals surface area contributed by atoms with Crippen molar-refractivity contribution in [2.24, 2.45) is 0 Å². The summed E-state index contributed by atoms with van der Waals surface area (Å²) in [6.45, 7) is 2.64. The Morgan fingerprint density at radius 1 is 1.15 bits per heavy atom. The lowest BCUT2D eigenvalue weighted by Gasteiger charge is -2.34. The topological polar surface area (TPSA) is 74.8 Å². The van der Waals surface area contributed by atoms with Crippen LogP contribution in [-0.2, 0) is 0 Å². The third-order valence-corrected chi connectivity index (χ3v) is 4.77. The Bertz CT molecular complexity index is 888. The van der Waals surface area contributed by atoms with Crippen molar-refractivity contribution in [3.63, 3.8) is 0 Å². The summed E-state index contributed by atoms with van der Waals surface area (Å²) >= 11 is 0. The molecule has 0 saturated carbocycles. The van der Waals surface area contributed by atoms with Crippen molar-refractivity contribution >= 4 is 5.91 Å². The van der Waals surface area contributed by atoms with Crippen LogP contribution in [0.4, 0.5) is 0 Å². The van der Waals surface area contributed by atoms with Crippen LogP contribution in [0.2, 0.25) is 0 Å². The molecule has 0 spiro atoms. The molecule has 1 fully saturated rings. The Hall–Kier alpha value is -3.02. The number of aromatic nitrogens is 4. The fourth-order valence-electron chi connectivity index (χ4n) is 3.36. The van der Waals surface area contributed by atoms with Crippen LogP contribution in [0, 0.1) is 6.92 Å². The van der Waals surface area contributed by atoms with Crippen LogP contribution in [0.3, 0.4) is 0 Å². The monoisotopic (exact) mass is 347 g/mol. The largest absolute Gasteiger partial charge is 0.328 e. The summed E-state index contributed by atoms with van der Waals surface area (Å²) in [6, 6.07) is 13.5. The van der Waals surface area contributed by atoms with Crippen molar-refractivity contribution in [3.8, 4) is 11.4 Å². The lowest BCUT2D eigenvalue weighted by Crippen LogP contribution is -2.39. The molecule has 1 amide bonds. The summed E-state index contributed by atoms with van der Waals surface area (Å²) in [5.41, 5.74) is 2.48. The smallest absolute Gasteiger partial charge is 0.256 e. The molecule has 0 aliphatic carbocycles. The Labute approximate surface area is 152 Å². The number of benzene rings is 1. The molecule has 1 N–H and O–H groups in total. The third kappa shape index (κ3) is 3.22. The molecule has 3 heterocycles. The Morgan fingerprint density at radius 3 is 2.77 bits per heavy atom. The molecule has 1 aliphatic heterocycles.